The highest BCUT2D eigenvalue weighted by Gasteiger charge is 2.49. The maximum absolute atomic E-state index is 14.0. The maximum Gasteiger partial charge on any atom is 0.276 e. The number of nitrogens with one attached hydrogen (secondary N) is 2. The van der Waals surface area contributed by atoms with E-state index < -0.39 is 29.7 Å². The maximum atomic E-state index is 14.0. The van der Waals surface area contributed by atoms with Crippen LogP contribution in [0, 0.1) is 5.41 Å². The van der Waals surface area contributed by atoms with Gasteiger partial charge in [-0.25, -0.2) is 15.0 Å². The number of piperidine rings is 2. The molecule has 70 heavy (non-hydrogen) atoms. The van der Waals surface area contributed by atoms with E-state index in [2.05, 4.69) is 72.8 Å². The van der Waals surface area contributed by atoms with Crippen molar-refractivity contribution in [1.82, 2.24) is 34.6 Å². The van der Waals surface area contributed by atoms with E-state index in [1.807, 2.05) is 36.5 Å². The number of benzene rings is 1. The Morgan fingerprint density at radius 3 is 2.49 bits per heavy atom. The molecule has 360 valence electrons. The predicted molar refractivity (Wildman–Crippen MR) is 259 cm³/mol. The van der Waals surface area contributed by atoms with Crippen LogP contribution in [0.1, 0.15) is 94.5 Å². The van der Waals surface area contributed by atoms with Crippen LogP contribution in [0.2, 0.25) is 0 Å². The van der Waals surface area contributed by atoms with Crippen LogP contribution >= 0.6 is 0 Å². The Morgan fingerprint density at radius 1 is 0.829 bits per heavy atom. The zero-order valence-corrected chi connectivity index (χ0v) is 39.5. The second kappa shape index (κ2) is 16.8. The molecule has 6 aliphatic heterocycles. The molecule has 12 rings (SSSR count). The summed E-state index contributed by atoms with van der Waals surface area (Å²) in [5.74, 6) is -0.132. The summed E-state index contributed by atoms with van der Waals surface area (Å²) in [4.78, 5) is 89.6. The van der Waals surface area contributed by atoms with Crippen LogP contribution in [0.4, 0.5) is 28.8 Å². The monoisotopic (exact) mass is 945 g/mol. The number of aromatic nitrogens is 4. The SMILES string of the molecule is C[C@H]1CN(C2CCN3c4ccc5c(c4OCC3C2)C(=O)N(C2CCC(=O)NC2=O)C5=O)CCN1c1ccc(Nc2cc(-c3ccnc(N4CCn5c(cc6c5CC(C)(C)C6)C4=O)c3CO)ccn2)nc1. The minimum Gasteiger partial charge on any atom is -0.488 e. The third kappa shape index (κ3) is 7.29. The summed E-state index contributed by atoms with van der Waals surface area (Å²) in [6.45, 7) is 11.4. The van der Waals surface area contributed by atoms with E-state index in [0.717, 1.165) is 79.3 Å². The van der Waals surface area contributed by atoms with Crippen molar-refractivity contribution in [2.75, 3.05) is 59.3 Å². The van der Waals surface area contributed by atoms with Crippen LogP contribution in [0.25, 0.3) is 11.1 Å². The molecule has 1 aliphatic carbocycles. The quantitative estimate of drug-likeness (QED) is 0.181. The zero-order chi connectivity index (χ0) is 48.2. The fourth-order valence-corrected chi connectivity index (χ4v) is 12.3. The highest BCUT2D eigenvalue weighted by Crippen LogP contribution is 2.46. The minimum absolute atomic E-state index is 0.0632. The molecule has 0 radical (unpaired) electrons. The number of ether oxygens (including phenoxy) is 1. The minimum atomic E-state index is -1.03. The summed E-state index contributed by atoms with van der Waals surface area (Å²) in [5.41, 5.74) is 7.84. The van der Waals surface area contributed by atoms with Gasteiger partial charge in [-0.05, 0) is 110 Å². The number of hydrogen-bond acceptors (Lipinski definition) is 14. The summed E-state index contributed by atoms with van der Waals surface area (Å²) >= 11 is 0. The van der Waals surface area contributed by atoms with Crippen LogP contribution in [0.3, 0.4) is 0 Å². The Balaban J connectivity index is 0.675. The van der Waals surface area contributed by atoms with Gasteiger partial charge >= 0.3 is 0 Å². The van der Waals surface area contributed by atoms with Crippen molar-refractivity contribution in [3.63, 3.8) is 0 Å². The molecule has 3 N–H and O–H groups in total. The van der Waals surface area contributed by atoms with Gasteiger partial charge in [-0.2, -0.15) is 0 Å². The summed E-state index contributed by atoms with van der Waals surface area (Å²) in [7, 11) is 0. The van der Waals surface area contributed by atoms with E-state index in [1.54, 1.807) is 23.4 Å². The average molecular weight is 946 g/mol. The highest BCUT2D eigenvalue weighted by atomic mass is 16.5. The number of hydrogen-bond donors (Lipinski definition) is 3. The number of piperazine rings is 1. The number of anilines is 5. The molecule has 3 unspecified atom stereocenters. The van der Waals surface area contributed by atoms with E-state index in [1.165, 1.54) is 11.3 Å². The molecule has 0 saturated carbocycles. The first kappa shape index (κ1) is 44.1. The standard InChI is InChI=1S/C52H55N11O7/c1-29-26-58(32-12-15-60-34(22-32)28-70-46-38(60)6-5-36-45(46)51(69)63(49(36)67)39-7-9-44(65)57-48(39)66)16-17-59(29)33-4-8-42(55-25-33)56-43-21-30(10-13-53-43)35-11-14-54-47(37(35)27-64)62-19-18-61-40(50(62)68)20-31-23-52(2,3)24-41(31)61/h4-6,8,10-11,13-14,20-21,25,29,32,34,39,64H,7,9,12,15-19,22-24,26-28H2,1-3H3,(H,53,55,56)(H,57,65,66)/t29-,32?,34?,39?/m0/s1. The van der Waals surface area contributed by atoms with E-state index in [4.69, 9.17) is 9.72 Å². The number of amides is 5. The third-order valence-electron chi connectivity index (χ3n) is 15.6. The summed E-state index contributed by atoms with van der Waals surface area (Å²) < 4.78 is 8.52. The Bertz CT molecular complexity index is 3020. The lowest BCUT2D eigenvalue weighted by Crippen LogP contribution is -2.59. The van der Waals surface area contributed by atoms with Gasteiger partial charge < -0.3 is 29.5 Å². The van der Waals surface area contributed by atoms with Gasteiger partial charge in [0.05, 0.1) is 41.3 Å². The number of rotatable bonds is 8. The topological polar surface area (TPSA) is 199 Å². The van der Waals surface area contributed by atoms with Gasteiger partial charge in [0.25, 0.3) is 17.7 Å². The van der Waals surface area contributed by atoms with Crippen LogP contribution in [-0.2, 0) is 35.6 Å². The molecule has 3 fully saturated rings. The molecule has 18 nitrogen and oxygen atoms in total. The lowest BCUT2D eigenvalue weighted by Gasteiger charge is -2.50. The van der Waals surface area contributed by atoms with Crippen molar-refractivity contribution >= 4 is 58.4 Å². The average Bonchev–Trinajstić information content (AvgIpc) is 3.95. The second-order valence-corrected chi connectivity index (χ2v) is 20.6. The van der Waals surface area contributed by atoms with Gasteiger partial charge in [-0.3, -0.25) is 44.0 Å². The molecule has 7 aliphatic rings. The van der Waals surface area contributed by atoms with Crippen molar-refractivity contribution in [3.8, 4) is 16.9 Å². The van der Waals surface area contributed by atoms with Crippen molar-refractivity contribution in [3.05, 3.63) is 101 Å². The molecule has 10 heterocycles. The number of imide groups is 2. The molecule has 1 aromatic carbocycles. The largest absolute Gasteiger partial charge is 0.488 e. The summed E-state index contributed by atoms with van der Waals surface area (Å²) in [5, 5.41) is 16.4. The zero-order valence-electron chi connectivity index (χ0n) is 39.5. The number of carbonyl (C=O) groups excluding carboxylic acids is 5. The third-order valence-corrected chi connectivity index (χ3v) is 15.6. The molecular weight excluding hydrogens is 891 g/mol. The molecule has 0 spiro atoms. The van der Waals surface area contributed by atoms with Gasteiger partial charge in [-0.15, -0.1) is 0 Å². The van der Waals surface area contributed by atoms with Gasteiger partial charge in [0.1, 0.15) is 35.8 Å². The van der Waals surface area contributed by atoms with Crippen molar-refractivity contribution in [1.29, 1.82) is 0 Å². The second-order valence-electron chi connectivity index (χ2n) is 20.6. The van der Waals surface area contributed by atoms with E-state index in [-0.39, 0.29) is 54.0 Å². The van der Waals surface area contributed by atoms with Gasteiger partial charge in [0.2, 0.25) is 11.8 Å². The molecule has 4 aromatic heterocycles. The molecule has 3 saturated heterocycles. The number of pyridine rings is 3. The van der Waals surface area contributed by atoms with E-state index >= 15 is 0 Å². The van der Waals surface area contributed by atoms with Gasteiger partial charge in [-0.1, -0.05) is 13.8 Å². The van der Waals surface area contributed by atoms with E-state index in [0.29, 0.717) is 60.2 Å². The van der Waals surface area contributed by atoms with Gasteiger partial charge in [0, 0.05) is 81.4 Å². The molecule has 5 amide bonds. The van der Waals surface area contributed by atoms with Crippen molar-refractivity contribution in [2.24, 2.45) is 5.41 Å². The molecule has 0 bridgehead atoms. The highest BCUT2D eigenvalue weighted by molar-refractivity contribution is 6.25. The normalized spacial score (nSPS) is 23.9. The number of aliphatic hydroxyl groups is 1. The lowest BCUT2D eigenvalue weighted by atomic mass is 9.90. The summed E-state index contributed by atoms with van der Waals surface area (Å²) in [6, 6.07) is 15.0. The van der Waals surface area contributed by atoms with E-state index in [9.17, 15) is 29.1 Å². The Kier molecular flexibility index (Phi) is 10.5. The fraction of sp³-hybridized carbons (Fsp3) is 0.423. The van der Waals surface area contributed by atoms with Crippen LogP contribution < -0.4 is 30.1 Å². The summed E-state index contributed by atoms with van der Waals surface area (Å²) in [6.07, 6.45) is 9.22. The number of carbonyl (C=O) groups is 5. The predicted octanol–water partition coefficient (Wildman–Crippen LogP) is 4.70. The number of aliphatic hydroxyl groups excluding tert-OH is 1. The first-order valence-corrected chi connectivity index (χ1v) is 24.4. The smallest absolute Gasteiger partial charge is 0.276 e. The fourth-order valence-electron chi connectivity index (χ4n) is 12.3. The molecule has 5 aromatic rings. The number of nitrogens with zero attached hydrogens (tertiary/aromatic N) is 9. The van der Waals surface area contributed by atoms with Crippen LogP contribution in [-0.4, -0.2) is 127 Å². The van der Waals surface area contributed by atoms with Crippen molar-refractivity contribution < 1.29 is 33.8 Å². The van der Waals surface area contributed by atoms with Crippen molar-refractivity contribution in [2.45, 2.75) is 96.6 Å². The molecule has 18 heteroatoms. The lowest BCUT2D eigenvalue weighted by molar-refractivity contribution is -0.136. The first-order valence-electron chi connectivity index (χ1n) is 24.4. The Labute approximate surface area is 404 Å². The molecular formula is C52H55N11O7. The Hall–Kier alpha value is -7.18. The molecule has 4 atom stereocenters. The first-order chi connectivity index (χ1) is 33.8. The van der Waals surface area contributed by atoms with Crippen LogP contribution in [0.15, 0.2) is 67.1 Å². The number of fused-ring (bicyclic) bond motifs is 8. The Morgan fingerprint density at radius 2 is 1.69 bits per heavy atom. The van der Waals surface area contributed by atoms with Gasteiger partial charge in [0.15, 0.2) is 5.75 Å². The van der Waals surface area contributed by atoms with Crippen LogP contribution in [0.5, 0.6) is 5.75 Å².